The third kappa shape index (κ3) is 4.08. The van der Waals surface area contributed by atoms with Crippen LogP contribution in [0.25, 0.3) is 27.6 Å². The van der Waals surface area contributed by atoms with Gasteiger partial charge in [0.2, 0.25) is 5.91 Å². The molecule has 0 aliphatic rings. The van der Waals surface area contributed by atoms with Crippen LogP contribution in [0, 0.1) is 11.6 Å². The van der Waals surface area contributed by atoms with Gasteiger partial charge in [-0.15, -0.1) is 0 Å². The predicted octanol–water partition coefficient (Wildman–Crippen LogP) is 4.40. The van der Waals surface area contributed by atoms with E-state index >= 15 is 0 Å². The third-order valence-corrected chi connectivity index (χ3v) is 6.27. The molecule has 1 amide bonds. The van der Waals surface area contributed by atoms with Crippen LogP contribution in [0.2, 0.25) is 0 Å². The van der Waals surface area contributed by atoms with Crippen LogP contribution in [0.5, 0.6) is 0 Å². The highest BCUT2D eigenvalue weighted by atomic mass is 32.2. The first kappa shape index (κ1) is 21.2. The number of halogens is 2. The van der Waals surface area contributed by atoms with Crippen molar-refractivity contribution in [2.75, 3.05) is 11.1 Å². The number of rotatable bonds is 5. The Kier molecular flexibility index (Phi) is 5.56. The van der Waals surface area contributed by atoms with Crippen molar-refractivity contribution in [3.05, 3.63) is 82.7 Å². The van der Waals surface area contributed by atoms with Gasteiger partial charge < -0.3 is 5.32 Å². The maximum absolute atomic E-state index is 14.6. The van der Waals surface area contributed by atoms with E-state index in [9.17, 15) is 18.4 Å². The lowest BCUT2D eigenvalue weighted by Gasteiger charge is -2.14. The Morgan fingerprint density at radius 2 is 1.85 bits per heavy atom. The largest absolute Gasteiger partial charge is 0.323 e. The minimum atomic E-state index is -0.914. The number of hydrogen-bond donors (Lipinski definition) is 1. The van der Waals surface area contributed by atoms with Crippen LogP contribution in [0.1, 0.15) is 0 Å². The quantitative estimate of drug-likeness (QED) is 0.296. The zero-order valence-electron chi connectivity index (χ0n) is 16.7. The van der Waals surface area contributed by atoms with Crippen molar-refractivity contribution in [3.63, 3.8) is 0 Å². The number of benzene rings is 3. The lowest BCUT2D eigenvalue weighted by atomic mass is 10.2. The number of aromatic nitrogens is 4. The summed E-state index contributed by atoms with van der Waals surface area (Å²) in [5, 5.41) is 3.16. The van der Waals surface area contributed by atoms with E-state index in [0.717, 1.165) is 34.1 Å². The molecule has 5 rings (SSSR count). The van der Waals surface area contributed by atoms with Crippen LogP contribution in [0.4, 0.5) is 14.5 Å². The third-order valence-electron chi connectivity index (χ3n) is 4.79. The molecule has 0 aliphatic heterocycles. The summed E-state index contributed by atoms with van der Waals surface area (Å²) in [7, 11) is 0. The number of carbonyl (C=O) groups excluding carboxylic acids is 1. The van der Waals surface area contributed by atoms with Gasteiger partial charge in [-0.05, 0) is 36.4 Å². The molecule has 0 saturated heterocycles. The second kappa shape index (κ2) is 8.68. The maximum atomic E-state index is 14.6. The zero-order chi connectivity index (χ0) is 22.9. The monoisotopic (exact) mass is 481 g/mol. The van der Waals surface area contributed by atoms with E-state index in [0.29, 0.717) is 28.3 Å². The van der Waals surface area contributed by atoms with Crippen LogP contribution in [-0.2, 0) is 4.79 Å². The lowest BCUT2D eigenvalue weighted by Crippen LogP contribution is -2.23. The first-order chi connectivity index (χ1) is 16.0. The summed E-state index contributed by atoms with van der Waals surface area (Å²) in [5.74, 6) is -2.16. The van der Waals surface area contributed by atoms with Gasteiger partial charge in [0, 0.05) is 6.07 Å². The van der Waals surface area contributed by atoms with Crippen molar-refractivity contribution in [1.29, 1.82) is 0 Å². The Balaban J connectivity index is 1.50. The van der Waals surface area contributed by atoms with Gasteiger partial charge in [0.05, 0.1) is 39.8 Å². The van der Waals surface area contributed by atoms with E-state index in [1.165, 1.54) is 6.07 Å². The van der Waals surface area contributed by atoms with Crippen LogP contribution in [0.3, 0.4) is 0 Å². The van der Waals surface area contributed by atoms with Crippen LogP contribution in [-0.4, -0.2) is 30.0 Å². The zero-order valence-corrected chi connectivity index (χ0v) is 18.3. The second-order valence-corrected chi connectivity index (χ2v) is 8.39. The molecule has 0 atom stereocenters. The van der Waals surface area contributed by atoms with E-state index in [4.69, 9.17) is 0 Å². The van der Waals surface area contributed by atoms with Gasteiger partial charge in [-0.2, -0.15) is 8.75 Å². The molecular weight excluding hydrogens is 468 g/mol. The lowest BCUT2D eigenvalue weighted by molar-refractivity contribution is -0.113. The first-order valence-corrected chi connectivity index (χ1v) is 11.3. The number of amides is 1. The summed E-state index contributed by atoms with van der Waals surface area (Å²) >= 11 is 2.01. The maximum Gasteiger partial charge on any atom is 0.266 e. The molecule has 0 saturated carbocycles. The summed E-state index contributed by atoms with van der Waals surface area (Å²) in [5.41, 5.74) is 1.49. The summed E-state index contributed by atoms with van der Waals surface area (Å²) in [6.45, 7) is 0. The highest BCUT2D eigenvalue weighted by Gasteiger charge is 2.18. The molecule has 1 N–H and O–H groups in total. The number of anilines is 1. The number of para-hydroxylation sites is 1. The van der Waals surface area contributed by atoms with Crippen molar-refractivity contribution < 1.29 is 13.6 Å². The molecular formula is C22H13F2N5O2S2. The van der Waals surface area contributed by atoms with E-state index in [-0.39, 0.29) is 27.9 Å². The molecule has 2 heterocycles. The summed E-state index contributed by atoms with van der Waals surface area (Å²) in [6, 6.07) is 14.8. The highest BCUT2D eigenvalue weighted by Crippen LogP contribution is 2.25. The molecule has 0 fully saturated rings. The normalized spacial score (nSPS) is 11.2. The molecule has 0 radical (unpaired) electrons. The molecule has 3 aromatic carbocycles. The molecule has 5 aromatic rings. The Morgan fingerprint density at radius 3 is 2.70 bits per heavy atom. The van der Waals surface area contributed by atoms with Crippen molar-refractivity contribution >= 4 is 57.0 Å². The molecule has 0 aliphatic carbocycles. The average Bonchev–Trinajstić information content (AvgIpc) is 3.29. The summed E-state index contributed by atoms with van der Waals surface area (Å²) in [6.07, 6.45) is 0. The molecule has 33 heavy (non-hydrogen) atoms. The number of carbonyl (C=O) groups is 1. The van der Waals surface area contributed by atoms with E-state index < -0.39 is 17.2 Å². The number of hydrogen-bond acceptors (Lipinski definition) is 7. The van der Waals surface area contributed by atoms with E-state index in [1.807, 2.05) is 0 Å². The fourth-order valence-electron chi connectivity index (χ4n) is 3.31. The average molecular weight is 482 g/mol. The van der Waals surface area contributed by atoms with Gasteiger partial charge in [0.25, 0.3) is 5.56 Å². The van der Waals surface area contributed by atoms with Gasteiger partial charge in [-0.1, -0.05) is 30.0 Å². The van der Waals surface area contributed by atoms with Crippen LogP contribution >= 0.6 is 23.5 Å². The van der Waals surface area contributed by atoms with Crippen LogP contribution < -0.4 is 10.9 Å². The Hall–Kier alpha value is -3.70. The summed E-state index contributed by atoms with van der Waals surface area (Å²) < 4.78 is 37.4. The molecule has 2 aromatic heterocycles. The minimum absolute atomic E-state index is 0.105. The van der Waals surface area contributed by atoms with Crippen molar-refractivity contribution in [2.45, 2.75) is 5.16 Å². The van der Waals surface area contributed by atoms with Gasteiger partial charge in [0.1, 0.15) is 22.7 Å². The Labute approximate surface area is 193 Å². The van der Waals surface area contributed by atoms with Gasteiger partial charge in [-0.25, -0.2) is 13.8 Å². The topological polar surface area (TPSA) is 89.8 Å². The number of nitrogens with zero attached hydrogens (tertiary/aromatic N) is 4. The number of thioether (sulfide) groups is 1. The molecule has 0 unspecified atom stereocenters. The van der Waals surface area contributed by atoms with E-state index in [1.54, 1.807) is 42.5 Å². The Morgan fingerprint density at radius 1 is 1.03 bits per heavy atom. The standard InChI is InChI=1S/C22H13F2N5O2S2/c23-12-8-9-18(14(24)10-12)29-21(31)13-4-1-2-5-15(13)26-22(29)32-11-19(30)25-16-6-3-7-17-20(16)28-33-27-17/h1-10H,11H2,(H,25,30). The van der Waals surface area contributed by atoms with Crippen molar-refractivity contribution in [1.82, 2.24) is 18.3 Å². The van der Waals surface area contributed by atoms with Gasteiger partial charge >= 0.3 is 0 Å². The second-order valence-electron chi connectivity index (χ2n) is 6.92. The fourth-order valence-corrected chi connectivity index (χ4v) is 4.66. The first-order valence-electron chi connectivity index (χ1n) is 9.62. The highest BCUT2D eigenvalue weighted by molar-refractivity contribution is 7.99. The van der Waals surface area contributed by atoms with E-state index in [2.05, 4.69) is 19.0 Å². The number of nitrogens with one attached hydrogen (secondary N) is 1. The smallest absolute Gasteiger partial charge is 0.266 e. The molecule has 7 nitrogen and oxygen atoms in total. The van der Waals surface area contributed by atoms with Gasteiger partial charge in [-0.3, -0.25) is 14.2 Å². The fraction of sp³-hybridized carbons (Fsp3) is 0.0455. The molecule has 0 spiro atoms. The molecule has 0 bridgehead atoms. The number of fused-ring (bicyclic) bond motifs is 2. The minimum Gasteiger partial charge on any atom is -0.323 e. The Bertz CT molecular complexity index is 1580. The molecule has 11 heteroatoms. The van der Waals surface area contributed by atoms with Crippen LogP contribution in [0.15, 0.2) is 70.6 Å². The van der Waals surface area contributed by atoms with Gasteiger partial charge in [0.15, 0.2) is 5.16 Å². The SMILES string of the molecule is O=C(CSc1nc2ccccc2c(=O)n1-c1ccc(F)cc1F)Nc1cccc2nsnc12. The van der Waals surface area contributed by atoms with Crippen molar-refractivity contribution in [2.24, 2.45) is 0 Å². The van der Waals surface area contributed by atoms with Crippen molar-refractivity contribution in [3.8, 4) is 5.69 Å². The predicted molar refractivity (Wildman–Crippen MR) is 124 cm³/mol. The molecule has 164 valence electrons. The summed E-state index contributed by atoms with van der Waals surface area (Å²) in [4.78, 5) is 30.3.